The molecule has 1 saturated heterocycles. The molecule has 1 aliphatic rings. The van der Waals surface area contributed by atoms with Crippen molar-refractivity contribution < 1.29 is 28.0 Å². The van der Waals surface area contributed by atoms with Crippen molar-refractivity contribution in [2.45, 2.75) is 12.7 Å². The molecule has 0 aliphatic carbocycles. The van der Waals surface area contributed by atoms with Gasteiger partial charge >= 0.3 is 12.1 Å². The Morgan fingerprint density at radius 1 is 1.43 bits per heavy atom. The number of nitro benzene ring substituents is 1. The Kier molecular flexibility index (Phi) is 4.95. The molecule has 0 saturated carbocycles. The Hall–Kier alpha value is -1.68. The molecule has 0 radical (unpaired) electrons. The van der Waals surface area contributed by atoms with Gasteiger partial charge in [0.2, 0.25) is 0 Å². The standard InChI is InChI=1S/C13H12BrF3N2O4/c14-10-2-1-7(3-11(10)19(22)23)4-18-5-8(12(20)21)9(6-18)13(15,16)17/h1-3,8-9H,4-6H2,(H,20,21)/t8-,9-/m1/s1. The van der Waals surface area contributed by atoms with Crippen molar-refractivity contribution in [1.82, 2.24) is 4.90 Å². The lowest BCUT2D eigenvalue weighted by atomic mass is 9.96. The fourth-order valence-electron chi connectivity index (χ4n) is 2.65. The maximum atomic E-state index is 12.9. The Morgan fingerprint density at radius 3 is 2.57 bits per heavy atom. The van der Waals surface area contributed by atoms with E-state index in [2.05, 4.69) is 15.9 Å². The molecule has 0 amide bonds. The molecule has 23 heavy (non-hydrogen) atoms. The van der Waals surface area contributed by atoms with Crippen LogP contribution in [0.1, 0.15) is 5.56 Å². The maximum Gasteiger partial charge on any atom is 0.393 e. The van der Waals surface area contributed by atoms with Crippen LogP contribution in [0.4, 0.5) is 18.9 Å². The molecular formula is C13H12BrF3N2O4. The second kappa shape index (κ2) is 6.44. The minimum atomic E-state index is -4.59. The first kappa shape index (κ1) is 17.7. The van der Waals surface area contributed by atoms with E-state index in [0.717, 1.165) is 0 Å². The summed E-state index contributed by atoms with van der Waals surface area (Å²) in [7, 11) is 0. The van der Waals surface area contributed by atoms with E-state index < -0.39 is 35.4 Å². The molecule has 6 nitrogen and oxygen atoms in total. The van der Waals surface area contributed by atoms with Crippen molar-refractivity contribution in [2.75, 3.05) is 13.1 Å². The zero-order valence-corrected chi connectivity index (χ0v) is 13.2. The Labute approximate surface area is 137 Å². The van der Waals surface area contributed by atoms with Crippen molar-refractivity contribution in [3.63, 3.8) is 0 Å². The van der Waals surface area contributed by atoms with Crippen molar-refractivity contribution in [3.8, 4) is 0 Å². The number of alkyl halides is 3. The normalized spacial score (nSPS) is 22.3. The molecule has 1 aromatic rings. The van der Waals surface area contributed by atoms with Crippen LogP contribution in [0.5, 0.6) is 0 Å². The van der Waals surface area contributed by atoms with Crippen LogP contribution in [0.25, 0.3) is 0 Å². The monoisotopic (exact) mass is 396 g/mol. The molecule has 0 unspecified atom stereocenters. The number of carbonyl (C=O) groups is 1. The number of aliphatic carboxylic acids is 1. The van der Waals surface area contributed by atoms with Gasteiger partial charge in [-0.05, 0) is 27.6 Å². The summed E-state index contributed by atoms with van der Waals surface area (Å²) in [5.74, 6) is -4.96. The second-order valence-electron chi connectivity index (χ2n) is 5.33. The number of likely N-dealkylation sites (tertiary alicyclic amines) is 1. The summed E-state index contributed by atoms with van der Waals surface area (Å²) >= 11 is 3.03. The summed E-state index contributed by atoms with van der Waals surface area (Å²) < 4.78 is 39.0. The molecule has 1 fully saturated rings. The maximum absolute atomic E-state index is 12.9. The topological polar surface area (TPSA) is 83.7 Å². The van der Waals surface area contributed by atoms with E-state index in [0.29, 0.717) is 5.56 Å². The second-order valence-corrected chi connectivity index (χ2v) is 6.18. The fourth-order valence-corrected chi connectivity index (χ4v) is 3.04. The predicted molar refractivity (Wildman–Crippen MR) is 76.7 cm³/mol. The summed E-state index contributed by atoms with van der Waals surface area (Å²) in [5, 5.41) is 19.8. The van der Waals surface area contributed by atoms with Gasteiger partial charge in [0.25, 0.3) is 5.69 Å². The number of benzene rings is 1. The molecule has 2 atom stereocenters. The molecule has 1 aromatic carbocycles. The number of rotatable bonds is 4. The largest absolute Gasteiger partial charge is 0.481 e. The molecule has 0 bridgehead atoms. The van der Waals surface area contributed by atoms with Gasteiger partial charge in [-0.15, -0.1) is 0 Å². The van der Waals surface area contributed by atoms with Gasteiger partial charge < -0.3 is 5.11 Å². The fraction of sp³-hybridized carbons (Fsp3) is 0.462. The summed E-state index contributed by atoms with van der Waals surface area (Å²) in [6.07, 6.45) is -4.59. The quantitative estimate of drug-likeness (QED) is 0.624. The van der Waals surface area contributed by atoms with E-state index in [-0.39, 0.29) is 23.2 Å². The van der Waals surface area contributed by atoms with Gasteiger partial charge in [-0.2, -0.15) is 13.2 Å². The van der Waals surface area contributed by atoms with Crippen LogP contribution in [0.15, 0.2) is 22.7 Å². The predicted octanol–water partition coefficient (Wildman–Crippen LogP) is 3.05. The van der Waals surface area contributed by atoms with Crippen molar-refractivity contribution in [3.05, 3.63) is 38.3 Å². The molecule has 0 aromatic heterocycles. The van der Waals surface area contributed by atoms with Crippen molar-refractivity contribution in [1.29, 1.82) is 0 Å². The first-order valence-electron chi connectivity index (χ1n) is 6.54. The van der Waals surface area contributed by atoms with Gasteiger partial charge in [-0.3, -0.25) is 19.8 Å². The molecular weight excluding hydrogens is 385 g/mol. The summed E-state index contributed by atoms with van der Waals surface area (Å²) in [6, 6.07) is 4.26. The molecule has 1 heterocycles. The highest BCUT2D eigenvalue weighted by Gasteiger charge is 2.52. The smallest absolute Gasteiger partial charge is 0.393 e. The van der Waals surface area contributed by atoms with Crippen LogP contribution in [0.2, 0.25) is 0 Å². The Morgan fingerprint density at radius 2 is 2.09 bits per heavy atom. The third-order valence-corrected chi connectivity index (χ3v) is 4.42. The first-order valence-corrected chi connectivity index (χ1v) is 7.33. The lowest BCUT2D eigenvalue weighted by Crippen LogP contribution is -2.33. The zero-order valence-electron chi connectivity index (χ0n) is 11.6. The molecule has 126 valence electrons. The number of hydrogen-bond donors (Lipinski definition) is 1. The summed E-state index contributed by atoms with van der Waals surface area (Å²) in [6.45, 7) is -0.668. The minimum absolute atomic E-state index is 0.0183. The van der Waals surface area contributed by atoms with Crippen LogP contribution in [-0.2, 0) is 11.3 Å². The Balaban J connectivity index is 2.17. The van der Waals surface area contributed by atoms with E-state index in [1.54, 1.807) is 6.07 Å². The third kappa shape index (κ3) is 3.99. The molecule has 1 aliphatic heterocycles. The third-order valence-electron chi connectivity index (χ3n) is 3.75. The van der Waals surface area contributed by atoms with Crippen molar-refractivity contribution >= 4 is 27.6 Å². The SMILES string of the molecule is O=C(O)[C@@H]1CN(Cc2ccc(Br)c([N+](=O)[O-])c2)C[C@H]1C(F)(F)F. The van der Waals surface area contributed by atoms with E-state index >= 15 is 0 Å². The molecule has 0 spiro atoms. The number of nitrogens with zero attached hydrogens (tertiary/aromatic N) is 2. The number of nitro groups is 1. The van der Waals surface area contributed by atoms with Gasteiger partial charge in [-0.25, -0.2) is 0 Å². The highest BCUT2D eigenvalue weighted by atomic mass is 79.9. The van der Waals surface area contributed by atoms with Crippen LogP contribution in [0, 0.1) is 22.0 Å². The molecule has 1 N–H and O–H groups in total. The lowest BCUT2D eigenvalue weighted by Gasteiger charge is -2.18. The van der Waals surface area contributed by atoms with Gasteiger partial charge in [-0.1, -0.05) is 6.07 Å². The zero-order chi connectivity index (χ0) is 17.4. The van der Waals surface area contributed by atoms with Crippen LogP contribution in [-0.4, -0.2) is 40.2 Å². The van der Waals surface area contributed by atoms with Crippen LogP contribution >= 0.6 is 15.9 Å². The van der Waals surface area contributed by atoms with Gasteiger partial charge in [0.05, 0.1) is 21.2 Å². The number of carboxylic acids is 1. The van der Waals surface area contributed by atoms with Crippen LogP contribution < -0.4 is 0 Å². The first-order chi connectivity index (χ1) is 10.6. The average molecular weight is 397 g/mol. The van der Waals surface area contributed by atoms with Crippen LogP contribution in [0.3, 0.4) is 0 Å². The highest BCUT2D eigenvalue weighted by Crippen LogP contribution is 2.38. The number of hydrogen-bond acceptors (Lipinski definition) is 4. The van der Waals surface area contributed by atoms with Gasteiger partial charge in [0.1, 0.15) is 0 Å². The number of halogens is 4. The van der Waals surface area contributed by atoms with Gasteiger partial charge in [0, 0.05) is 25.7 Å². The summed E-state index contributed by atoms with van der Waals surface area (Å²) in [5.41, 5.74) is 0.260. The van der Waals surface area contributed by atoms with E-state index in [9.17, 15) is 28.1 Å². The summed E-state index contributed by atoms with van der Waals surface area (Å²) in [4.78, 5) is 22.6. The van der Waals surface area contributed by atoms with Gasteiger partial charge in [0.15, 0.2) is 0 Å². The number of carboxylic acid groups (broad SMARTS) is 1. The van der Waals surface area contributed by atoms with Crippen molar-refractivity contribution in [2.24, 2.45) is 11.8 Å². The minimum Gasteiger partial charge on any atom is -0.481 e. The van der Waals surface area contributed by atoms with E-state index in [1.807, 2.05) is 0 Å². The molecule has 2 rings (SSSR count). The van der Waals surface area contributed by atoms with E-state index in [1.165, 1.54) is 17.0 Å². The average Bonchev–Trinajstić information content (AvgIpc) is 2.85. The highest BCUT2D eigenvalue weighted by molar-refractivity contribution is 9.10. The molecule has 10 heteroatoms. The van der Waals surface area contributed by atoms with E-state index in [4.69, 9.17) is 5.11 Å². The lowest BCUT2D eigenvalue weighted by molar-refractivity contribution is -0.385. The Bertz CT molecular complexity index is 638.